The molecule has 1 heterocycles. The maximum Gasteiger partial charge on any atom is 0.408 e. The molecule has 0 aromatic heterocycles. The van der Waals surface area contributed by atoms with Gasteiger partial charge in [-0.2, -0.15) is 0 Å². The molecule has 1 amide bonds. The Kier molecular flexibility index (Phi) is 4.30. The average Bonchev–Trinajstić information content (AvgIpc) is 2.24. The number of hydrogen-bond acceptors (Lipinski definition) is 4. The fourth-order valence-electron chi connectivity index (χ4n) is 3.20. The predicted octanol–water partition coefficient (Wildman–Crippen LogP) is 1.94. The van der Waals surface area contributed by atoms with E-state index in [-0.39, 0.29) is 11.6 Å². The minimum Gasteiger partial charge on any atom is -0.444 e. The third-order valence-corrected chi connectivity index (χ3v) is 4.19. The van der Waals surface area contributed by atoms with E-state index in [4.69, 9.17) is 4.74 Å². The molecule has 2 rings (SSSR count). The Morgan fingerprint density at radius 2 is 2.00 bits per heavy atom. The number of alkyl carbamates (subject to hydrolysis) is 1. The smallest absolute Gasteiger partial charge is 0.408 e. The molecule has 2 aliphatic rings. The molecule has 1 saturated carbocycles. The number of ether oxygens (including phenoxy) is 1. The number of rotatable bonds is 3. The molecule has 5 heteroatoms. The van der Waals surface area contributed by atoms with Gasteiger partial charge in [0.05, 0.1) is 5.60 Å². The minimum absolute atomic E-state index is 0.282. The van der Waals surface area contributed by atoms with Crippen molar-refractivity contribution in [2.75, 3.05) is 13.1 Å². The summed E-state index contributed by atoms with van der Waals surface area (Å²) in [5.41, 5.74) is -1.47. The van der Waals surface area contributed by atoms with Crippen LogP contribution in [0.1, 0.15) is 59.3 Å². The molecule has 116 valence electrons. The van der Waals surface area contributed by atoms with Crippen molar-refractivity contribution >= 4 is 6.09 Å². The van der Waals surface area contributed by atoms with Crippen LogP contribution in [0.4, 0.5) is 4.79 Å². The molecule has 1 atom stereocenters. The van der Waals surface area contributed by atoms with Gasteiger partial charge in [0.25, 0.3) is 0 Å². The number of piperidine rings is 1. The quantitative estimate of drug-likeness (QED) is 0.740. The first-order valence-corrected chi connectivity index (χ1v) is 7.66. The lowest BCUT2D eigenvalue weighted by atomic mass is 9.68. The molecular formula is C15H28N2O3. The molecule has 0 spiro atoms. The maximum absolute atomic E-state index is 12.0. The van der Waals surface area contributed by atoms with Crippen LogP contribution in [-0.2, 0) is 4.74 Å². The summed E-state index contributed by atoms with van der Waals surface area (Å²) in [6, 6.07) is 0. The molecule has 2 fully saturated rings. The van der Waals surface area contributed by atoms with Gasteiger partial charge >= 0.3 is 6.09 Å². The molecule has 1 unspecified atom stereocenters. The second kappa shape index (κ2) is 5.53. The van der Waals surface area contributed by atoms with E-state index in [2.05, 4.69) is 10.6 Å². The monoisotopic (exact) mass is 284 g/mol. The summed E-state index contributed by atoms with van der Waals surface area (Å²) in [4.78, 5) is 12.0. The lowest BCUT2D eigenvalue weighted by Gasteiger charge is -2.48. The van der Waals surface area contributed by atoms with E-state index in [0.29, 0.717) is 13.0 Å². The zero-order valence-corrected chi connectivity index (χ0v) is 12.9. The third-order valence-electron chi connectivity index (χ3n) is 4.19. The molecule has 0 bridgehead atoms. The first-order chi connectivity index (χ1) is 9.22. The molecule has 0 aromatic rings. The van der Waals surface area contributed by atoms with E-state index < -0.39 is 11.2 Å². The van der Waals surface area contributed by atoms with Crippen molar-refractivity contribution in [3.05, 3.63) is 0 Å². The summed E-state index contributed by atoms with van der Waals surface area (Å²) in [5, 5.41) is 16.9. The Balaban J connectivity index is 1.94. The summed E-state index contributed by atoms with van der Waals surface area (Å²) in [6.45, 7) is 7.16. The van der Waals surface area contributed by atoms with Crippen molar-refractivity contribution in [1.29, 1.82) is 0 Å². The van der Waals surface area contributed by atoms with Crippen LogP contribution in [0.3, 0.4) is 0 Å². The van der Waals surface area contributed by atoms with Crippen molar-refractivity contribution in [1.82, 2.24) is 10.6 Å². The standard InChI is InChI=1S/C15H28N2O3/c1-13(2,3)20-12(18)17-14(6-4-7-14)10-15(19)8-5-9-16-11-15/h16,19H,4-11H2,1-3H3,(H,17,18). The maximum atomic E-state index is 12.0. The second-order valence-electron chi connectivity index (χ2n) is 7.44. The topological polar surface area (TPSA) is 70.6 Å². The number of nitrogens with one attached hydrogen (secondary N) is 2. The Labute approximate surface area is 121 Å². The number of aliphatic hydroxyl groups is 1. The van der Waals surface area contributed by atoms with Crippen molar-refractivity contribution < 1.29 is 14.6 Å². The first kappa shape index (κ1) is 15.6. The Morgan fingerprint density at radius 1 is 1.30 bits per heavy atom. The van der Waals surface area contributed by atoms with Crippen molar-refractivity contribution in [3.63, 3.8) is 0 Å². The molecule has 3 N–H and O–H groups in total. The van der Waals surface area contributed by atoms with Gasteiger partial charge in [0.2, 0.25) is 0 Å². The van der Waals surface area contributed by atoms with Gasteiger partial charge in [0.1, 0.15) is 5.60 Å². The first-order valence-electron chi connectivity index (χ1n) is 7.66. The number of hydrogen-bond donors (Lipinski definition) is 3. The third kappa shape index (κ3) is 4.09. The van der Waals surface area contributed by atoms with E-state index >= 15 is 0 Å². The van der Waals surface area contributed by atoms with Gasteiger partial charge in [0.15, 0.2) is 0 Å². The van der Waals surface area contributed by atoms with E-state index in [1.165, 1.54) is 0 Å². The van der Waals surface area contributed by atoms with Gasteiger partial charge in [-0.05, 0) is 59.4 Å². The van der Waals surface area contributed by atoms with Gasteiger partial charge in [-0.15, -0.1) is 0 Å². The molecule has 20 heavy (non-hydrogen) atoms. The summed E-state index contributed by atoms with van der Waals surface area (Å²) >= 11 is 0. The van der Waals surface area contributed by atoms with Gasteiger partial charge in [-0.25, -0.2) is 4.79 Å². The van der Waals surface area contributed by atoms with Gasteiger partial charge in [0, 0.05) is 18.5 Å². The van der Waals surface area contributed by atoms with Gasteiger partial charge in [-0.1, -0.05) is 0 Å². The highest BCUT2D eigenvalue weighted by Crippen LogP contribution is 2.40. The summed E-state index contributed by atoms with van der Waals surface area (Å²) in [5.74, 6) is 0. The molecular weight excluding hydrogens is 256 g/mol. The van der Waals surface area contributed by atoms with Crippen LogP contribution >= 0.6 is 0 Å². The fraction of sp³-hybridized carbons (Fsp3) is 0.933. The Morgan fingerprint density at radius 3 is 2.45 bits per heavy atom. The van der Waals surface area contributed by atoms with E-state index in [1.807, 2.05) is 20.8 Å². The van der Waals surface area contributed by atoms with Gasteiger partial charge < -0.3 is 20.5 Å². The number of carbonyl (C=O) groups is 1. The molecule has 0 aromatic carbocycles. The Hall–Kier alpha value is -0.810. The SMILES string of the molecule is CC(C)(C)OC(=O)NC1(CC2(O)CCCNC2)CCC1. The van der Waals surface area contributed by atoms with Gasteiger partial charge in [-0.3, -0.25) is 0 Å². The fourth-order valence-corrected chi connectivity index (χ4v) is 3.20. The van der Waals surface area contributed by atoms with Crippen LogP contribution in [0, 0.1) is 0 Å². The molecule has 1 saturated heterocycles. The molecule has 1 aliphatic heterocycles. The van der Waals surface area contributed by atoms with Crippen LogP contribution in [0.2, 0.25) is 0 Å². The highest BCUT2D eigenvalue weighted by atomic mass is 16.6. The van der Waals surface area contributed by atoms with Crippen LogP contribution in [0.25, 0.3) is 0 Å². The number of amides is 1. The lowest BCUT2D eigenvalue weighted by Crippen LogP contribution is -2.60. The van der Waals surface area contributed by atoms with Crippen LogP contribution < -0.4 is 10.6 Å². The predicted molar refractivity (Wildman–Crippen MR) is 77.6 cm³/mol. The van der Waals surface area contributed by atoms with Crippen molar-refractivity contribution in [2.24, 2.45) is 0 Å². The number of carbonyl (C=O) groups excluding carboxylic acids is 1. The Bertz CT molecular complexity index is 353. The van der Waals surface area contributed by atoms with Crippen LogP contribution in [-0.4, -0.2) is 41.0 Å². The van der Waals surface area contributed by atoms with E-state index in [9.17, 15) is 9.90 Å². The summed E-state index contributed by atoms with van der Waals surface area (Å²) in [6.07, 6.45) is 4.98. The van der Waals surface area contributed by atoms with Crippen LogP contribution in [0.15, 0.2) is 0 Å². The molecule has 0 radical (unpaired) electrons. The summed E-state index contributed by atoms with van der Waals surface area (Å²) < 4.78 is 5.34. The van der Waals surface area contributed by atoms with Crippen molar-refractivity contribution in [2.45, 2.75) is 76.0 Å². The lowest BCUT2D eigenvalue weighted by molar-refractivity contribution is -0.0362. The highest BCUT2D eigenvalue weighted by molar-refractivity contribution is 5.69. The molecule has 1 aliphatic carbocycles. The highest BCUT2D eigenvalue weighted by Gasteiger charge is 2.46. The zero-order chi connectivity index (χ0) is 14.9. The van der Waals surface area contributed by atoms with Crippen LogP contribution in [0.5, 0.6) is 0 Å². The summed E-state index contributed by atoms with van der Waals surface area (Å²) in [7, 11) is 0. The normalized spacial score (nSPS) is 29.4. The zero-order valence-electron chi connectivity index (χ0n) is 12.9. The van der Waals surface area contributed by atoms with Crippen molar-refractivity contribution in [3.8, 4) is 0 Å². The second-order valence-corrected chi connectivity index (χ2v) is 7.44. The average molecular weight is 284 g/mol. The molecule has 5 nitrogen and oxygen atoms in total. The minimum atomic E-state index is -0.701. The number of β-amino-alcohol motifs (C(OH)–C–C–N with tert-alkyl or cyclic N) is 1. The van der Waals surface area contributed by atoms with E-state index in [1.54, 1.807) is 0 Å². The largest absolute Gasteiger partial charge is 0.444 e. The van der Waals surface area contributed by atoms with E-state index in [0.717, 1.165) is 38.6 Å².